The molecule has 17 heavy (non-hydrogen) atoms. The lowest BCUT2D eigenvalue weighted by Gasteiger charge is -2.40. The number of fused-ring (bicyclic) bond motifs is 1. The molecule has 0 unspecified atom stereocenters. The monoisotopic (exact) mass is 235 g/mol. The second-order valence-electron chi connectivity index (χ2n) is 5.63. The van der Waals surface area contributed by atoms with Crippen molar-refractivity contribution in [1.29, 1.82) is 0 Å². The fourth-order valence-electron chi connectivity index (χ4n) is 2.23. The maximum atomic E-state index is 10.1. The number of rotatable bonds is 1. The van der Waals surface area contributed by atoms with Crippen molar-refractivity contribution in [2.75, 3.05) is 0 Å². The van der Waals surface area contributed by atoms with E-state index in [4.69, 9.17) is 10.5 Å². The van der Waals surface area contributed by atoms with E-state index in [-0.39, 0.29) is 6.04 Å². The van der Waals surface area contributed by atoms with Gasteiger partial charge in [-0.05, 0) is 31.4 Å². The van der Waals surface area contributed by atoms with E-state index in [1.165, 1.54) is 5.56 Å². The number of aliphatic hydroxyl groups is 1. The predicted octanol–water partition coefficient (Wildman–Crippen LogP) is 2.34. The Balaban J connectivity index is 2.47. The third-order valence-corrected chi connectivity index (χ3v) is 3.49. The third kappa shape index (κ3) is 2.05. The van der Waals surface area contributed by atoms with Gasteiger partial charge in [0.2, 0.25) is 0 Å². The highest BCUT2D eigenvalue weighted by Gasteiger charge is 2.41. The highest BCUT2D eigenvalue weighted by molar-refractivity contribution is 5.43. The normalized spacial score (nSPS) is 26.5. The molecule has 94 valence electrons. The Hall–Kier alpha value is -1.06. The van der Waals surface area contributed by atoms with Gasteiger partial charge in [-0.25, -0.2) is 0 Å². The van der Waals surface area contributed by atoms with Gasteiger partial charge in [0.1, 0.15) is 17.5 Å². The molecule has 0 aliphatic carbocycles. The highest BCUT2D eigenvalue weighted by Crippen LogP contribution is 2.39. The second-order valence-corrected chi connectivity index (χ2v) is 5.63. The average Bonchev–Trinajstić information content (AvgIpc) is 2.25. The van der Waals surface area contributed by atoms with Gasteiger partial charge in [0.15, 0.2) is 0 Å². The molecule has 0 radical (unpaired) electrons. The molecule has 3 N–H and O–H groups in total. The lowest BCUT2D eigenvalue weighted by molar-refractivity contribution is -0.0572. The summed E-state index contributed by atoms with van der Waals surface area (Å²) in [6.45, 7) is 7.99. The van der Waals surface area contributed by atoms with Crippen molar-refractivity contribution >= 4 is 0 Å². The molecule has 0 saturated carbocycles. The standard InChI is InChI=1S/C14H21NO2/c1-8(2)9-5-6-11-10(7-9)12(15)13(16)14(3,4)17-11/h5-8,12-13,16H,15H2,1-4H3/t12-,13+/m0/s1. The molecule has 0 aromatic heterocycles. The van der Waals surface area contributed by atoms with Crippen LogP contribution in [0.5, 0.6) is 5.75 Å². The van der Waals surface area contributed by atoms with Crippen molar-refractivity contribution in [3.05, 3.63) is 29.3 Å². The summed E-state index contributed by atoms with van der Waals surface area (Å²) in [6, 6.07) is 5.68. The SMILES string of the molecule is CC(C)c1ccc2c(c1)[C@H](N)[C@@H](O)C(C)(C)O2. The molecule has 3 nitrogen and oxygen atoms in total. The molecule has 2 rings (SSSR count). The minimum Gasteiger partial charge on any atom is -0.485 e. The van der Waals surface area contributed by atoms with Crippen LogP contribution in [0.1, 0.15) is 50.8 Å². The van der Waals surface area contributed by atoms with Crippen molar-refractivity contribution in [3.8, 4) is 5.75 Å². The second kappa shape index (κ2) is 4.00. The van der Waals surface area contributed by atoms with E-state index in [9.17, 15) is 5.11 Å². The highest BCUT2D eigenvalue weighted by atomic mass is 16.5. The molecule has 1 heterocycles. The van der Waals surface area contributed by atoms with Gasteiger partial charge in [-0.3, -0.25) is 0 Å². The van der Waals surface area contributed by atoms with Crippen LogP contribution in [0, 0.1) is 0 Å². The van der Waals surface area contributed by atoms with Gasteiger partial charge in [0, 0.05) is 5.56 Å². The van der Waals surface area contributed by atoms with E-state index in [0.717, 1.165) is 11.3 Å². The lowest BCUT2D eigenvalue weighted by Crippen LogP contribution is -2.51. The van der Waals surface area contributed by atoms with Crippen LogP contribution < -0.4 is 10.5 Å². The van der Waals surface area contributed by atoms with Crippen molar-refractivity contribution < 1.29 is 9.84 Å². The Morgan fingerprint density at radius 1 is 1.35 bits per heavy atom. The topological polar surface area (TPSA) is 55.5 Å². The first-order valence-electron chi connectivity index (χ1n) is 6.09. The molecule has 2 atom stereocenters. The Kier molecular flexibility index (Phi) is 2.92. The quantitative estimate of drug-likeness (QED) is 0.785. The van der Waals surface area contributed by atoms with E-state index in [2.05, 4.69) is 19.9 Å². The maximum Gasteiger partial charge on any atom is 0.131 e. The van der Waals surface area contributed by atoms with Crippen LogP contribution in [0.4, 0.5) is 0 Å². The zero-order valence-corrected chi connectivity index (χ0v) is 10.9. The van der Waals surface area contributed by atoms with Crippen LogP contribution in [0.25, 0.3) is 0 Å². The van der Waals surface area contributed by atoms with E-state index < -0.39 is 11.7 Å². The molecular formula is C14H21NO2. The summed E-state index contributed by atoms with van der Waals surface area (Å²) in [5.74, 6) is 1.23. The van der Waals surface area contributed by atoms with Crippen LogP contribution in [0.15, 0.2) is 18.2 Å². The smallest absolute Gasteiger partial charge is 0.131 e. The fraction of sp³-hybridized carbons (Fsp3) is 0.571. The average molecular weight is 235 g/mol. The molecule has 1 aliphatic rings. The van der Waals surface area contributed by atoms with Gasteiger partial charge >= 0.3 is 0 Å². The van der Waals surface area contributed by atoms with Crippen LogP contribution >= 0.6 is 0 Å². The van der Waals surface area contributed by atoms with Crippen molar-refractivity contribution in [2.45, 2.75) is 51.4 Å². The Bertz CT molecular complexity index is 426. The molecule has 3 heteroatoms. The van der Waals surface area contributed by atoms with Gasteiger partial charge in [-0.2, -0.15) is 0 Å². The summed E-state index contributed by atoms with van der Waals surface area (Å²) in [4.78, 5) is 0. The minimum absolute atomic E-state index is 0.382. The first-order valence-corrected chi connectivity index (χ1v) is 6.09. The molecule has 0 saturated heterocycles. The molecule has 0 bridgehead atoms. The van der Waals surface area contributed by atoms with Gasteiger partial charge in [-0.15, -0.1) is 0 Å². The van der Waals surface area contributed by atoms with Crippen LogP contribution in [-0.2, 0) is 0 Å². The summed E-state index contributed by atoms with van der Waals surface area (Å²) in [6.07, 6.45) is -0.683. The van der Waals surface area contributed by atoms with Crippen LogP contribution in [-0.4, -0.2) is 16.8 Å². The number of aliphatic hydroxyl groups excluding tert-OH is 1. The summed E-state index contributed by atoms with van der Waals surface area (Å²) < 4.78 is 5.81. The van der Waals surface area contributed by atoms with Crippen LogP contribution in [0.2, 0.25) is 0 Å². The Morgan fingerprint density at radius 3 is 2.59 bits per heavy atom. The number of hydrogen-bond donors (Lipinski definition) is 2. The van der Waals surface area contributed by atoms with Gasteiger partial charge in [0.25, 0.3) is 0 Å². The van der Waals surface area contributed by atoms with Gasteiger partial charge < -0.3 is 15.6 Å². The summed E-state index contributed by atoms with van der Waals surface area (Å²) in [5.41, 5.74) is 7.59. The number of ether oxygens (including phenoxy) is 1. The van der Waals surface area contributed by atoms with E-state index in [1.807, 2.05) is 26.0 Å². The largest absolute Gasteiger partial charge is 0.485 e. The number of hydrogen-bond acceptors (Lipinski definition) is 3. The lowest BCUT2D eigenvalue weighted by atomic mass is 9.85. The number of nitrogens with two attached hydrogens (primary N) is 1. The fourth-order valence-corrected chi connectivity index (χ4v) is 2.23. The van der Waals surface area contributed by atoms with Crippen molar-refractivity contribution in [1.82, 2.24) is 0 Å². The Labute approximate surface area is 103 Å². The maximum absolute atomic E-state index is 10.1. The molecule has 1 aliphatic heterocycles. The molecule has 0 spiro atoms. The molecule has 1 aromatic rings. The van der Waals surface area contributed by atoms with E-state index >= 15 is 0 Å². The first-order chi connectivity index (χ1) is 7.83. The Morgan fingerprint density at radius 2 is 2.00 bits per heavy atom. The van der Waals surface area contributed by atoms with Gasteiger partial charge in [0.05, 0.1) is 6.04 Å². The zero-order valence-electron chi connectivity index (χ0n) is 10.9. The van der Waals surface area contributed by atoms with Crippen LogP contribution in [0.3, 0.4) is 0 Å². The van der Waals surface area contributed by atoms with Crippen molar-refractivity contribution in [2.24, 2.45) is 5.73 Å². The van der Waals surface area contributed by atoms with E-state index in [0.29, 0.717) is 5.92 Å². The van der Waals surface area contributed by atoms with Gasteiger partial charge in [-0.1, -0.05) is 26.0 Å². The minimum atomic E-state index is -0.683. The molecule has 0 amide bonds. The first kappa shape index (κ1) is 12.4. The molecular weight excluding hydrogens is 214 g/mol. The third-order valence-electron chi connectivity index (χ3n) is 3.49. The summed E-state index contributed by atoms with van der Waals surface area (Å²) >= 11 is 0. The summed E-state index contributed by atoms with van der Waals surface area (Å²) in [7, 11) is 0. The van der Waals surface area contributed by atoms with E-state index in [1.54, 1.807) is 0 Å². The molecule has 1 aromatic carbocycles. The van der Waals surface area contributed by atoms with Crippen molar-refractivity contribution in [3.63, 3.8) is 0 Å². The predicted molar refractivity (Wildman–Crippen MR) is 68.2 cm³/mol. The zero-order chi connectivity index (χ0) is 12.8. The number of benzene rings is 1. The summed E-state index contributed by atoms with van der Waals surface area (Å²) in [5, 5.41) is 10.1. The molecule has 0 fully saturated rings.